The Morgan fingerprint density at radius 2 is 2.11 bits per heavy atom. The monoisotopic (exact) mass is 275 g/mol. The summed E-state index contributed by atoms with van der Waals surface area (Å²) in [6.45, 7) is 3.52. The average Bonchev–Trinajstić information content (AvgIpc) is 2.95. The molecule has 0 spiro atoms. The quantitative estimate of drug-likeness (QED) is 0.688. The number of aliphatic hydroxyl groups is 1. The Bertz CT molecular complexity index is 592. The van der Waals surface area contributed by atoms with Gasteiger partial charge in [-0.3, -0.25) is 0 Å². The third-order valence-corrected chi connectivity index (χ3v) is 3.51. The fourth-order valence-corrected chi connectivity index (χ4v) is 2.39. The molecule has 0 radical (unpaired) electrons. The van der Waals surface area contributed by atoms with Gasteiger partial charge in [0.1, 0.15) is 11.1 Å². The summed E-state index contributed by atoms with van der Waals surface area (Å²) in [5.41, 5.74) is 1.35. The lowest BCUT2D eigenvalue weighted by atomic mass is 10.1. The molecule has 1 aromatic heterocycles. The highest BCUT2D eigenvalue weighted by Gasteiger charge is 2.21. The third-order valence-electron chi connectivity index (χ3n) is 2.60. The van der Waals surface area contributed by atoms with Crippen molar-refractivity contribution in [3.63, 3.8) is 0 Å². The number of nitrogens with zero attached hydrogens (tertiary/aromatic N) is 1. The van der Waals surface area contributed by atoms with Gasteiger partial charge in [0, 0.05) is 10.9 Å². The molecule has 1 heterocycles. The first kappa shape index (κ1) is 13.5. The van der Waals surface area contributed by atoms with Crippen molar-refractivity contribution in [3.05, 3.63) is 53.6 Å². The zero-order valence-corrected chi connectivity index (χ0v) is 11.2. The number of rotatable bonds is 4. The molecule has 4 nitrogen and oxygen atoms in total. The zero-order chi connectivity index (χ0) is 13.8. The third kappa shape index (κ3) is 2.89. The van der Waals surface area contributed by atoms with Crippen LogP contribution in [-0.4, -0.2) is 23.2 Å². The van der Waals surface area contributed by atoms with Crippen LogP contribution in [0.4, 0.5) is 0 Å². The highest BCUT2D eigenvalue weighted by molar-refractivity contribution is 7.13. The molecule has 0 unspecified atom stereocenters. The van der Waals surface area contributed by atoms with Gasteiger partial charge in [0.2, 0.25) is 0 Å². The van der Waals surface area contributed by atoms with Crippen LogP contribution in [0, 0.1) is 0 Å². The molecular formula is C14H13NO3S. The van der Waals surface area contributed by atoms with Gasteiger partial charge < -0.3 is 9.84 Å². The van der Waals surface area contributed by atoms with Crippen molar-refractivity contribution in [3.8, 4) is 10.6 Å². The molecular weight excluding hydrogens is 262 g/mol. The Labute approximate surface area is 115 Å². The largest absolute Gasteiger partial charge is 0.466 e. The highest BCUT2D eigenvalue weighted by Crippen LogP contribution is 2.28. The van der Waals surface area contributed by atoms with Crippen molar-refractivity contribution >= 4 is 17.3 Å². The van der Waals surface area contributed by atoms with Crippen molar-refractivity contribution < 1.29 is 14.6 Å². The van der Waals surface area contributed by atoms with E-state index in [1.807, 2.05) is 30.3 Å². The summed E-state index contributed by atoms with van der Waals surface area (Å²) in [6.07, 6.45) is -1.14. The molecule has 0 aliphatic rings. The standard InChI is InChI=1S/C14H13NO3S/c1-9(14(17)18-2)12(16)11-8-19-13(15-11)10-6-4-3-5-7-10/h3-8,12,16H,1H2,2H3/t12-/m0/s1. The van der Waals surface area contributed by atoms with Gasteiger partial charge in [-0.05, 0) is 0 Å². The lowest BCUT2D eigenvalue weighted by Gasteiger charge is -2.08. The van der Waals surface area contributed by atoms with Crippen LogP contribution in [0.25, 0.3) is 10.6 Å². The number of aliphatic hydroxyl groups excluding tert-OH is 1. The van der Waals surface area contributed by atoms with Crippen molar-refractivity contribution in [1.82, 2.24) is 4.98 Å². The Balaban J connectivity index is 2.22. The van der Waals surface area contributed by atoms with Crippen LogP contribution in [0.1, 0.15) is 11.8 Å². The molecule has 19 heavy (non-hydrogen) atoms. The number of aromatic nitrogens is 1. The predicted molar refractivity (Wildman–Crippen MR) is 73.7 cm³/mol. The van der Waals surface area contributed by atoms with Gasteiger partial charge >= 0.3 is 5.97 Å². The minimum Gasteiger partial charge on any atom is -0.466 e. The molecule has 0 fully saturated rings. The van der Waals surface area contributed by atoms with Crippen LogP contribution in [0.3, 0.4) is 0 Å². The van der Waals surface area contributed by atoms with Gasteiger partial charge in [0.15, 0.2) is 0 Å². The topological polar surface area (TPSA) is 59.4 Å². The number of hydrogen-bond acceptors (Lipinski definition) is 5. The minimum absolute atomic E-state index is 0.0209. The lowest BCUT2D eigenvalue weighted by Crippen LogP contribution is -2.12. The van der Waals surface area contributed by atoms with Gasteiger partial charge in [-0.1, -0.05) is 36.9 Å². The van der Waals surface area contributed by atoms with Gasteiger partial charge in [0.05, 0.1) is 18.4 Å². The van der Waals surface area contributed by atoms with Crippen LogP contribution in [0.5, 0.6) is 0 Å². The Hall–Kier alpha value is -1.98. The maximum Gasteiger partial charge on any atom is 0.336 e. The van der Waals surface area contributed by atoms with Crippen LogP contribution in [0.15, 0.2) is 47.9 Å². The summed E-state index contributed by atoms with van der Waals surface area (Å²) in [6, 6.07) is 9.63. The Kier molecular flexibility index (Phi) is 4.09. The summed E-state index contributed by atoms with van der Waals surface area (Å²) in [7, 11) is 1.25. The molecule has 1 N–H and O–H groups in total. The molecule has 0 amide bonds. The van der Waals surface area contributed by atoms with E-state index in [9.17, 15) is 9.90 Å². The number of methoxy groups -OCH3 is 1. The molecule has 2 aromatic rings. The number of carbonyl (C=O) groups is 1. The molecule has 1 aromatic carbocycles. The Morgan fingerprint density at radius 3 is 2.74 bits per heavy atom. The minimum atomic E-state index is -1.14. The molecule has 0 bridgehead atoms. The second-order valence-corrected chi connectivity index (χ2v) is 4.72. The predicted octanol–water partition coefficient (Wildman–Crippen LogP) is 2.57. The second kappa shape index (κ2) is 5.77. The molecule has 0 saturated heterocycles. The molecule has 0 saturated carbocycles. The molecule has 0 aliphatic heterocycles. The normalized spacial score (nSPS) is 11.9. The van der Waals surface area contributed by atoms with Crippen molar-refractivity contribution in [1.29, 1.82) is 0 Å². The molecule has 0 aliphatic carbocycles. The van der Waals surface area contributed by atoms with Crippen LogP contribution < -0.4 is 0 Å². The van der Waals surface area contributed by atoms with E-state index < -0.39 is 12.1 Å². The smallest absolute Gasteiger partial charge is 0.336 e. The number of esters is 1. The van der Waals surface area contributed by atoms with Crippen LogP contribution >= 0.6 is 11.3 Å². The van der Waals surface area contributed by atoms with Crippen molar-refractivity contribution in [2.45, 2.75) is 6.10 Å². The van der Waals surface area contributed by atoms with E-state index in [4.69, 9.17) is 0 Å². The van der Waals surface area contributed by atoms with E-state index in [1.54, 1.807) is 5.38 Å². The maximum atomic E-state index is 11.3. The van der Waals surface area contributed by atoms with Crippen LogP contribution in [-0.2, 0) is 9.53 Å². The van der Waals surface area contributed by atoms with Gasteiger partial charge in [-0.2, -0.15) is 0 Å². The zero-order valence-electron chi connectivity index (χ0n) is 10.4. The Morgan fingerprint density at radius 1 is 1.42 bits per heavy atom. The molecule has 5 heteroatoms. The molecule has 98 valence electrons. The maximum absolute atomic E-state index is 11.3. The number of benzene rings is 1. The summed E-state index contributed by atoms with van der Waals surface area (Å²) >= 11 is 1.40. The van der Waals surface area contributed by atoms with E-state index in [1.165, 1.54) is 18.4 Å². The van der Waals surface area contributed by atoms with E-state index in [0.717, 1.165) is 10.6 Å². The summed E-state index contributed by atoms with van der Waals surface area (Å²) in [5, 5.41) is 12.5. The number of thiazole rings is 1. The van der Waals surface area contributed by atoms with Gasteiger partial charge in [0.25, 0.3) is 0 Å². The number of carbonyl (C=O) groups excluding carboxylic acids is 1. The summed E-state index contributed by atoms with van der Waals surface area (Å²) < 4.78 is 4.52. The first-order valence-electron chi connectivity index (χ1n) is 5.59. The van der Waals surface area contributed by atoms with E-state index >= 15 is 0 Å². The molecule has 1 atom stereocenters. The van der Waals surface area contributed by atoms with Gasteiger partial charge in [-0.25, -0.2) is 9.78 Å². The lowest BCUT2D eigenvalue weighted by molar-refractivity contribution is -0.137. The number of hydrogen-bond donors (Lipinski definition) is 1. The average molecular weight is 275 g/mol. The second-order valence-electron chi connectivity index (χ2n) is 3.86. The SMILES string of the molecule is C=C(C(=O)OC)[C@H](O)c1csc(-c2ccccc2)n1. The fraction of sp³-hybridized carbons (Fsp3) is 0.143. The highest BCUT2D eigenvalue weighted by atomic mass is 32.1. The van der Waals surface area contributed by atoms with Crippen LogP contribution in [0.2, 0.25) is 0 Å². The number of ether oxygens (including phenoxy) is 1. The van der Waals surface area contributed by atoms with Crippen molar-refractivity contribution in [2.24, 2.45) is 0 Å². The summed E-state index contributed by atoms with van der Waals surface area (Å²) in [4.78, 5) is 15.6. The summed E-state index contributed by atoms with van der Waals surface area (Å²) in [5.74, 6) is -0.637. The first-order valence-corrected chi connectivity index (χ1v) is 6.47. The van der Waals surface area contributed by atoms with Crippen molar-refractivity contribution in [2.75, 3.05) is 7.11 Å². The molecule has 2 rings (SSSR count). The van der Waals surface area contributed by atoms with Gasteiger partial charge in [-0.15, -0.1) is 11.3 Å². The van der Waals surface area contributed by atoms with E-state index in [0.29, 0.717) is 5.69 Å². The first-order chi connectivity index (χ1) is 9.13. The van der Waals surface area contributed by atoms with E-state index in [-0.39, 0.29) is 5.57 Å². The van der Waals surface area contributed by atoms with E-state index in [2.05, 4.69) is 16.3 Å². The fourth-order valence-electron chi connectivity index (χ4n) is 1.55.